The molecule has 1 aliphatic rings. The van der Waals surface area contributed by atoms with E-state index in [0.29, 0.717) is 18.5 Å². The number of urea groups is 1. The number of aryl methyl sites for hydroxylation is 2. The monoisotopic (exact) mass is 366 g/mol. The Morgan fingerprint density at radius 1 is 1.07 bits per heavy atom. The highest BCUT2D eigenvalue weighted by molar-refractivity contribution is 5.99. The summed E-state index contributed by atoms with van der Waals surface area (Å²) in [6, 6.07) is 16.8. The van der Waals surface area contributed by atoms with Crippen LogP contribution < -0.4 is 5.32 Å². The van der Waals surface area contributed by atoms with Crippen LogP contribution in [0.25, 0.3) is 0 Å². The van der Waals surface area contributed by atoms with Gasteiger partial charge in [-0.15, -0.1) is 0 Å². The Bertz CT molecular complexity index is 835. The van der Waals surface area contributed by atoms with Crippen LogP contribution in [-0.4, -0.2) is 42.0 Å². The summed E-state index contributed by atoms with van der Waals surface area (Å²) in [6.07, 6.45) is 0.461. The molecule has 2 aromatic carbocycles. The van der Waals surface area contributed by atoms with E-state index in [0.717, 1.165) is 16.9 Å². The lowest BCUT2D eigenvalue weighted by molar-refractivity contribution is -0.136. The molecular weight excluding hydrogens is 344 g/mol. The van der Waals surface area contributed by atoms with E-state index in [-0.39, 0.29) is 6.54 Å². The minimum Gasteiger partial charge on any atom is -0.449 e. The van der Waals surface area contributed by atoms with E-state index in [2.05, 4.69) is 5.32 Å². The van der Waals surface area contributed by atoms with Crippen molar-refractivity contribution in [2.24, 2.45) is 0 Å². The molecule has 1 heterocycles. The van der Waals surface area contributed by atoms with Crippen molar-refractivity contribution in [3.8, 4) is 0 Å². The van der Waals surface area contributed by atoms with Crippen LogP contribution in [0, 0.1) is 0 Å². The number of hydrogen-bond acceptors (Lipinski definition) is 4. The molecule has 140 valence electrons. The van der Waals surface area contributed by atoms with E-state index in [9.17, 15) is 14.4 Å². The molecule has 2 aromatic rings. The number of ether oxygens (including phenoxy) is 1. The highest BCUT2D eigenvalue weighted by Crippen LogP contribution is 2.15. The van der Waals surface area contributed by atoms with Crippen LogP contribution in [0.4, 0.5) is 4.79 Å². The molecule has 0 aliphatic carbocycles. The third-order valence-electron chi connectivity index (χ3n) is 4.52. The van der Waals surface area contributed by atoms with Crippen molar-refractivity contribution in [1.29, 1.82) is 0 Å². The fourth-order valence-electron chi connectivity index (χ4n) is 3.04. The van der Waals surface area contributed by atoms with Crippen LogP contribution in [0.3, 0.4) is 0 Å². The molecule has 0 spiro atoms. The summed E-state index contributed by atoms with van der Waals surface area (Å²) in [4.78, 5) is 37.6. The van der Waals surface area contributed by atoms with Gasteiger partial charge in [-0.25, -0.2) is 9.59 Å². The van der Waals surface area contributed by atoms with E-state index in [4.69, 9.17) is 4.74 Å². The normalized spacial score (nSPS) is 14.6. The summed E-state index contributed by atoms with van der Waals surface area (Å²) >= 11 is 0. The minimum absolute atomic E-state index is 0.285. The van der Waals surface area contributed by atoms with Crippen molar-refractivity contribution in [3.05, 3.63) is 71.3 Å². The third-order valence-corrected chi connectivity index (χ3v) is 4.52. The molecule has 0 radical (unpaired) electrons. The number of esters is 1. The summed E-state index contributed by atoms with van der Waals surface area (Å²) in [5.74, 6) is -1.07. The SMILES string of the molecule is C[C@@H](OC(=O)c1ccccc1CCc1ccccc1)C(=O)N1CCNC1=O. The summed E-state index contributed by atoms with van der Waals surface area (Å²) in [5, 5.41) is 2.56. The Morgan fingerprint density at radius 3 is 2.48 bits per heavy atom. The van der Waals surface area contributed by atoms with Crippen molar-refractivity contribution >= 4 is 17.9 Å². The van der Waals surface area contributed by atoms with E-state index < -0.39 is 24.0 Å². The lowest BCUT2D eigenvalue weighted by Gasteiger charge is -2.19. The minimum atomic E-state index is -1.02. The summed E-state index contributed by atoms with van der Waals surface area (Å²) in [7, 11) is 0. The largest absolute Gasteiger partial charge is 0.449 e. The second kappa shape index (κ2) is 8.49. The molecule has 1 fully saturated rings. The topological polar surface area (TPSA) is 75.7 Å². The van der Waals surface area contributed by atoms with E-state index in [1.54, 1.807) is 12.1 Å². The van der Waals surface area contributed by atoms with Crippen LogP contribution in [-0.2, 0) is 22.4 Å². The predicted molar refractivity (Wildman–Crippen MR) is 100 cm³/mol. The van der Waals surface area contributed by atoms with Crippen LogP contribution in [0.5, 0.6) is 0 Å². The van der Waals surface area contributed by atoms with E-state index >= 15 is 0 Å². The Hall–Kier alpha value is -3.15. The molecule has 0 unspecified atom stereocenters. The van der Waals surface area contributed by atoms with Crippen LogP contribution >= 0.6 is 0 Å². The average Bonchev–Trinajstić information content (AvgIpc) is 3.12. The van der Waals surface area contributed by atoms with Crippen molar-refractivity contribution in [1.82, 2.24) is 10.2 Å². The quantitative estimate of drug-likeness (QED) is 0.798. The highest BCUT2D eigenvalue weighted by Gasteiger charge is 2.32. The van der Waals surface area contributed by atoms with E-state index in [1.165, 1.54) is 12.5 Å². The highest BCUT2D eigenvalue weighted by atomic mass is 16.5. The molecule has 3 rings (SSSR count). The van der Waals surface area contributed by atoms with Gasteiger partial charge in [-0.2, -0.15) is 0 Å². The van der Waals surface area contributed by atoms with Crippen LogP contribution in [0.15, 0.2) is 54.6 Å². The van der Waals surface area contributed by atoms with Crippen molar-refractivity contribution in [3.63, 3.8) is 0 Å². The van der Waals surface area contributed by atoms with Crippen LogP contribution in [0.2, 0.25) is 0 Å². The first-order chi connectivity index (χ1) is 13.1. The fourth-order valence-corrected chi connectivity index (χ4v) is 3.04. The number of benzene rings is 2. The van der Waals surface area contributed by atoms with Crippen molar-refractivity contribution in [2.45, 2.75) is 25.9 Å². The zero-order valence-corrected chi connectivity index (χ0v) is 15.2. The van der Waals surface area contributed by atoms with Gasteiger partial charge >= 0.3 is 12.0 Å². The van der Waals surface area contributed by atoms with Gasteiger partial charge in [0.25, 0.3) is 5.91 Å². The Morgan fingerprint density at radius 2 is 1.78 bits per heavy atom. The number of nitrogens with zero attached hydrogens (tertiary/aromatic N) is 1. The smallest absolute Gasteiger partial charge is 0.339 e. The zero-order chi connectivity index (χ0) is 19.2. The zero-order valence-electron chi connectivity index (χ0n) is 15.2. The second-order valence-electron chi connectivity index (χ2n) is 6.41. The molecule has 27 heavy (non-hydrogen) atoms. The maximum Gasteiger partial charge on any atom is 0.339 e. The van der Waals surface area contributed by atoms with Gasteiger partial charge < -0.3 is 10.1 Å². The number of nitrogens with one attached hydrogen (secondary N) is 1. The second-order valence-corrected chi connectivity index (χ2v) is 6.41. The van der Waals surface area contributed by atoms with Gasteiger partial charge in [0.15, 0.2) is 6.10 Å². The molecule has 1 N–H and O–H groups in total. The Kier molecular flexibility index (Phi) is 5.86. The molecule has 1 aliphatic heterocycles. The molecule has 0 bridgehead atoms. The van der Waals surface area contributed by atoms with Gasteiger partial charge in [-0.3, -0.25) is 9.69 Å². The van der Waals surface area contributed by atoms with Crippen molar-refractivity contribution in [2.75, 3.05) is 13.1 Å². The number of hydrogen-bond donors (Lipinski definition) is 1. The lowest BCUT2D eigenvalue weighted by Crippen LogP contribution is -2.41. The molecule has 0 saturated carbocycles. The number of carbonyl (C=O) groups is 3. The number of imide groups is 1. The van der Waals surface area contributed by atoms with Crippen LogP contribution in [0.1, 0.15) is 28.4 Å². The molecule has 1 saturated heterocycles. The van der Waals surface area contributed by atoms with Gasteiger partial charge in [-0.1, -0.05) is 48.5 Å². The molecule has 0 aromatic heterocycles. The first kappa shape index (κ1) is 18.6. The number of rotatable bonds is 6. The van der Waals surface area contributed by atoms with Gasteiger partial charge in [0, 0.05) is 13.1 Å². The molecule has 3 amide bonds. The molecule has 1 atom stereocenters. The van der Waals surface area contributed by atoms with Gasteiger partial charge in [0.2, 0.25) is 0 Å². The predicted octanol–water partition coefficient (Wildman–Crippen LogP) is 2.57. The lowest BCUT2D eigenvalue weighted by atomic mass is 10.00. The molecule has 6 nitrogen and oxygen atoms in total. The van der Waals surface area contributed by atoms with E-state index in [1.807, 2.05) is 42.5 Å². The summed E-state index contributed by atoms with van der Waals surface area (Å²) < 4.78 is 5.34. The number of amides is 3. The third kappa shape index (κ3) is 4.53. The average molecular weight is 366 g/mol. The Balaban J connectivity index is 1.65. The molecule has 6 heteroatoms. The van der Waals surface area contributed by atoms with Gasteiger partial charge in [-0.05, 0) is 37.0 Å². The maximum absolute atomic E-state index is 12.6. The molecular formula is C21H22N2O4. The first-order valence-electron chi connectivity index (χ1n) is 8.98. The number of carbonyl (C=O) groups excluding carboxylic acids is 3. The summed E-state index contributed by atoms with van der Waals surface area (Å²) in [6.45, 7) is 2.18. The van der Waals surface area contributed by atoms with Crippen molar-refractivity contribution < 1.29 is 19.1 Å². The van der Waals surface area contributed by atoms with Gasteiger partial charge in [0.05, 0.1) is 5.56 Å². The fraction of sp³-hybridized carbons (Fsp3) is 0.286. The maximum atomic E-state index is 12.6. The summed E-state index contributed by atoms with van der Waals surface area (Å²) in [5.41, 5.74) is 2.49. The standard InChI is InChI=1S/C21H22N2O4/c1-15(19(24)23-14-13-22-21(23)26)27-20(25)18-10-6-5-9-17(18)12-11-16-7-3-2-4-8-16/h2-10,15H,11-14H2,1H3,(H,22,26)/t15-/m1/s1. The Labute approximate surface area is 158 Å². The first-order valence-corrected chi connectivity index (χ1v) is 8.98. The van der Waals surface area contributed by atoms with Gasteiger partial charge in [0.1, 0.15) is 0 Å².